The third-order valence-corrected chi connectivity index (χ3v) is 6.43. The first-order valence-corrected chi connectivity index (χ1v) is 11.9. The minimum atomic E-state index is 0.507. The molecule has 0 radical (unpaired) electrons. The lowest BCUT2D eigenvalue weighted by Crippen LogP contribution is -2.00. The van der Waals surface area contributed by atoms with Crippen molar-refractivity contribution >= 4 is 44.4 Å². The molecule has 0 saturated carbocycles. The van der Waals surface area contributed by atoms with Gasteiger partial charge in [0.05, 0.1) is 5.39 Å². The predicted molar refractivity (Wildman–Crippen MR) is 144 cm³/mol. The van der Waals surface area contributed by atoms with Crippen LogP contribution in [-0.2, 0) is 0 Å². The van der Waals surface area contributed by atoms with E-state index in [9.17, 15) is 0 Å². The molecule has 0 saturated heterocycles. The van der Waals surface area contributed by atoms with Gasteiger partial charge in [0.25, 0.3) is 0 Å². The second-order valence-electron chi connectivity index (χ2n) is 8.51. The minimum absolute atomic E-state index is 0.507. The number of benzene rings is 4. The molecule has 3 heterocycles. The van der Waals surface area contributed by atoms with Gasteiger partial charge in [0, 0.05) is 34.0 Å². The SMILES string of the molecule is Clc1cc(-c2nc(-c3ccccc3)nc(-c3ccc4ccccc4c3)n2)c2c(c1)oc1cccnc12. The summed E-state index contributed by atoms with van der Waals surface area (Å²) in [6, 6.07) is 31.8. The highest BCUT2D eigenvalue weighted by Crippen LogP contribution is 2.37. The number of hydrogen-bond acceptors (Lipinski definition) is 5. The molecule has 4 aromatic carbocycles. The van der Waals surface area contributed by atoms with E-state index in [2.05, 4.69) is 29.2 Å². The summed E-state index contributed by atoms with van der Waals surface area (Å²) in [6.45, 7) is 0. The molecule has 170 valence electrons. The van der Waals surface area contributed by atoms with Gasteiger partial charge in [-0.05, 0) is 35.0 Å². The standard InChI is InChI=1S/C30H17ClN4O/c31-22-16-23(26-25(17-22)36-24-11-6-14-32-27(24)26)30-34-28(19-8-2-1-3-9-19)33-29(35-30)21-13-12-18-7-4-5-10-20(18)15-21/h1-17H. The summed E-state index contributed by atoms with van der Waals surface area (Å²) in [5, 5.41) is 3.63. The first-order valence-electron chi connectivity index (χ1n) is 11.5. The molecule has 0 spiro atoms. The molecule has 5 nitrogen and oxygen atoms in total. The average Bonchev–Trinajstić information content (AvgIpc) is 3.30. The summed E-state index contributed by atoms with van der Waals surface area (Å²) in [6.07, 6.45) is 1.75. The van der Waals surface area contributed by atoms with Crippen LogP contribution in [0.4, 0.5) is 0 Å². The van der Waals surface area contributed by atoms with E-state index in [1.807, 2.05) is 66.7 Å². The molecule has 0 aliphatic carbocycles. The summed E-state index contributed by atoms with van der Waals surface area (Å²) in [4.78, 5) is 19.3. The number of halogens is 1. The van der Waals surface area contributed by atoms with Gasteiger partial charge in [0.2, 0.25) is 0 Å². The Morgan fingerprint density at radius 1 is 0.583 bits per heavy atom. The van der Waals surface area contributed by atoms with Gasteiger partial charge in [-0.3, -0.25) is 4.98 Å². The normalized spacial score (nSPS) is 11.5. The van der Waals surface area contributed by atoms with Gasteiger partial charge >= 0.3 is 0 Å². The van der Waals surface area contributed by atoms with Gasteiger partial charge in [0.1, 0.15) is 11.1 Å². The van der Waals surface area contributed by atoms with E-state index < -0.39 is 0 Å². The van der Waals surface area contributed by atoms with Gasteiger partial charge in [-0.15, -0.1) is 0 Å². The van der Waals surface area contributed by atoms with Gasteiger partial charge in [-0.2, -0.15) is 0 Å². The van der Waals surface area contributed by atoms with Crippen molar-refractivity contribution in [3.8, 4) is 34.2 Å². The lowest BCUT2D eigenvalue weighted by atomic mass is 10.1. The average molecular weight is 485 g/mol. The maximum atomic E-state index is 6.53. The molecule has 0 aliphatic heterocycles. The highest BCUT2D eigenvalue weighted by molar-refractivity contribution is 6.32. The molecule has 0 bridgehead atoms. The quantitative estimate of drug-likeness (QED) is 0.254. The minimum Gasteiger partial charge on any atom is -0.454 e. The Labute approximate surface area is 211 Å². The molecule has 0 amide bonds. The summed E-state index contributed by atoms with van der Waals surface area (Å²) in [5.74, 6) is 1.67. The molecule has 3 aromatic heterocycles. The third kappa shape index (κ3) is 3.49. The molecule has 6 heteroatoms. The maximum absolute atomic E-state index is 6.53. The molecule has 7 aromatic rings. The monoisotopic (exact) mass is 484 g/mol. The van der Waals surface area contributed by atoms with Crippen molar-refractivity contribution in [2.24, 2.45) is 0 Å². The lowest BCUT2D eigenvalue weighted by molar-refractivity contribution is 0.668. The van der Waals surface area contributed by atoms with Crippen LogP contribution >= 0.6 is 11.6 Å². The highest BCUT2D eigenvalue weighted by Gasteiger charge is 2.19. The summed E-state index contributed by atoms with van der Waals surface area (Å²) >= 11 is 6.53. The van der Waals surface area contributed by atoms with Crippen molar-refractivity contribution in [2.75, 3.05) is 0 Å². The Hall–Kier alpha value is -4.61. The van der Waals surface area contributed by atoms with Crippen LogP contribution in [0.1, 0.15) is 0 Å². The topological polar surface area (TPSA) is 64.7 Å². The van der Waals surface area contributed by atoms with Crippen molar-refractivity contribution in [3.05, 3.63) is 108 Å². The second-order valence-corrected chi connectivity index (χ2v) is 8.95. The number of pyridine rings is 1. The number of hydrogen-bond donors (Lipinski definition) is 0. The van der Waals surface area contributed by atoms with E-state index in [0.717, 1.165) is 38.4 Å². The Bertz CT molecular complexity index is 1910. The number of rotatable bonds is 3. The van der Waals surface area contributed by atoms with Crippen molar-refractivity contribution in [1.82, 2.24) is 19.9 Å². The molecule has 36 heavy (non-hydrogen) atoms. The van der Waals surface area contributed by atoms with Crippen molar-refractivity contribution in [1.29, 1.82) is 0 Å². The number of aromatic nitrogens is 4. The van der Waals surface area contributed by atoms with E-state index in [0.29, 0.717) is 33.7 Å². The van der Waals surface area contributed by atoms with Crippen LogP contribution in [0.2, 0.25) is 5.02 Å². The van der Waals surface area contributed by atoms with Gasteiger partial charge in [-0.1, -0.05) is 78.3 Å². The van der Waals surface area contributed by atoms with Crippen molar-refractivity contribution in [2.45, 2.75) is 0 Å². The summed E-state index contributed by atoms with van der Waals surface area (Å²) < 4.78 is 6.06. The van der Waals surface area contributed by atoms with E-state index in [1.54, 1.807) is 12.3 Å². The Kier molecular flexibility index (Phi) is 4.76. The van der Waals surface area contributed by atoms with Crippen LogP contribution in [0, 0.1) is 0 Å². The zero-order chi connectivity index (χ0) is 24.1. The predicted octanol–water partition coefficient (Wildman–Crippen LogP) is 7.97. The van der Waals surface area contributed by atoms with Crippen LogP contribution in [-0.4, -0.2) is 19.9 Å². The van der Waals surface area contributed by atoms with E-state index in [-0.39, 0.29) is 0 Å². The third-order valence-electron chi connectivity index (χ3n) is 6.21. The second kappa shape index (κ2) is 8.26. The Balaban J connectivity index is 1.53. The zero-order valence-corrected chi connectivity index (χ0v) is 19.6. The van der Waals surface area contributed by atoms with Crippen molar-refractivity contribution in [3.63, 3.8) is 0 Å². The van der Waals surface area contributed by atoms with Gasteiger partial charge in [-0.25, -0.2) is 15.0 Å². The Morgan fingerprint density at radius 2 is 1.33 bits per heavy atom. The van der Waals surface area contributed by atoms with Gasteiger partial charge in [0.15, 0.2) is 23.1 Å². The molecule has 0 N–H and O–H groups in total. The van der Waals surface area contributed by atoms with Crippen LogP contribution in [0.5, 0.6) is 0 Å². The fourth-order valence-electron chi connectivity index (χ4n) is 4.53. The smallest absolute Gasteiger partial charge is 0.164 e. The molecule has 0 fully saturated rings. The van der Waals surface area contributed by atoms with Crippen LogP contribution in [0.25, 0.3) is 67.0 Å². The van der Waals surface area contributed by atoms with Gasteiger partial charge < -0.3 is 4.42 Å². The van der Waals surface area contributed by atoms with E-state index >= 15 is 0 Å². The first kappa shape index (κ1) is 20.7. The zero-order valence-electron chi connectivity index (χ0n) is 18.9. The molecule has 7 rings (SSSR count). The maximum Gasteiger partial charge on any atom is 0.164 e. The van der Waals surface area contributed by atoms with Crippen LogP contribution in [0.3, 0.4) is 0 Å². The number of fused-ring (bicyclic) bond motifs is 4. The summed E-state index contributed by atoms with van der Waals surface area (Å²) in [7, 11) is 0. The Morgan fingerprint density at radius 3 is 2.19 bits per heavy atom. The molecule has 0 aliphatic rings. The largest absolute Gasteiger partial charge is 0.454 e. The van der Waals surface area contributed by atoms with E-state index in [4.69, 9.17) is 31.0 Å². The van der Waals surface area contributed by atoms with Crippen LogP contribution in [0.15, 0.2) is 108 Å². The molecule has 0 unspecified atom stereocenters. The first-order chi connectivity index (χ1) is 17.7. The van der Waals surface area contributed by atoms with Crippen molar-refractivity contribution < 1.29 is 4.42 Å². The molecular formula is C30H17ClN4O. The number of nitrogens with zero attached hydrogens (tertiary/aromatic N) is 4. The summed E-state index contributed by atoms with van der Waals surface area (Å²) in [5.41, 5.74) is 4.62. The fourth-order valence-corrected chi connectivity index (χ4v) is 4.74. The molecule has 0 atom stereocenters. The van der Waals surface area contributed by atoms with Crippen LogP contribution < -0.4 is 0 Å². The number of furan rings is 1. The lowest BCUT2D eigenvalue weighted by Gasteiger charge is -2.10. The highest BCUT2D eigenvalue weighted by atomic mass is 35.5. The molecular weight excluding hydrogens is 468 g/mol. The fraction of sp³-hybridized carbons (Fsp3) is 0. The van der Waals surface area contributed by atoms with E-state index in [1.165, 1.54) is 0 Å².